The summed E-state index contributed by atoms with van der Waals surface area (Å²) >= 11 is 0. The number of nitrogens with one attached hydrogen (secondary N) is 3. The smallest absolute Gasteiger partial charge is 0.240 e. The maximum absolute atomic E-state index is 13.0. The van der Waals surface area contributed by atoms with Crippen LogP contribution in [0.3, 0.4) is 0 Å². The Hall–Kier alpha value is -3.40. The first-order valence-electron chi connectivity index (χ1n) is 12.0. The van der Waals surface area contributed by atoms with E-state index in [-0.39, 0.29) is 23.4 Å². The van der Waals surface area contributed by atoms with Crippen molar-refractivity contribution >= 4 is 15.9 Å². The van der Waals surface area contributed by atoms with Crippen LogP contribution in [0, 0.1) is 5.41 Å². The summed E-state index contributed by atoms with van der Waals surface area (Å²) in [6.45, 7) is 2.02. The number of amidine groups is 1. The van der Waals surface area contributed by atoms with Crippen molar-refractivity contribution < 1.29 is 17.9 Å². The number of rotatable bonds is 11. The Bertz CT molecular complexity index is 1240. The van der Waals surface area contributed by atoms with Crippen LogP contribution in [0.25, 0.3) is 0 Å². The molecule has 1 aliphatic rings. The summed E-state index contributed by atoms with van der Waals surface area (Å²) in [7, 11) is -3.75. The fourth-order valence-corrected chi connectivity index (χ4v) is 5.31. The van der Waals surface area contributed by atoms with E-state index in [2.05, 4.69) is 10.0 Å². The second-order valence-electron chi connectivity index (χ2n) is 8.80. The Morgan fingerprint density at radius 1 is 1.00 bits per heavy atom. The highest BCUT2D eigenvalue weighted by Crippen LogP contribution is 2.20. The van der Waals surface area contributed by atoms with Crippen LogP contribution in [0.4, 0.5) is 0 Å². The highest BCUT2D eigenvalue weighted by Gasteiger charge is 2.21. The first-order valence-corrected chi connectivity index (χ1v) is 13.5. The van der Waals surface area contributed by atoms with Crippen molar-refractivity contribution in [2.45, 2.75) is 36.3 Å². The standard InChI is InChI=1S/C27H32N4O4S/c28-27(29)21-5-4-6-25(18-21)34-19-22(31-36(32,33)26-7-2-1-3-8-26)17-20-9-11-23(12-10-20)35-24-13-15-30-16-14-24/h1-12,18,22,24,30-31H,13-17,19H2,(H3,28,29)/t22-/m1/s1. The predicted molar refractivity (Wildman–Crippen MR) is 140 cm³/mol. The Morgan fingerprint density at radius 3 is 2.42 bits per heavy atom. The summed E-state index contributed by atoms with van der Waals surface area (Å²) in [5, 5.41) is 11.0. The fraction of sp³-hybridized carbons (Fsp3) is 0.296. The molecule has 4 rings (SSSR count). The third kappa shape index (κ3) is 7.30. The van der Waals surface area contributed by atoms with Crippen LogP contribution in [0.1, 0.15) is 24.0 Å². The Kier molecular flexibility index (Phi) is 8.58. The third-order valence-electron chi connectivity index (χ3n) is 5.97. The van der Waals surface area contributed by atoms with Crippen LogP contribution in [0.5, 0.6) is 11.5 Å². The predicted octanol–water partition coefficient (Wildman–Crippen LogP) is 3.07. The molecule has 9 heteroatoms. The second-order valence-corrected chi connectivity index (χ2v) is 10.5. The molecular weight excluding hydrogens is 476 g/mol. The lowest BCUT2D eigenvalue weighted by Gasteiger charge is -2.24. The van der Waals surface area contributed by atoms with E-state index in [1.807, 2.05) is 24.3 Å². The van der Waals surface area contributed by atoms with Gasteiger partial charge in [0.1, 0.15) is 30.0 Å². The lowest BCUT2D eigenvalue weighted by molar-refractivity contribution is 0.162. The molecule has 1 aliphatic heterocycles. The molecule has 0 spiro atoms. The first kappa shape index (κ1) is 25.7. The molecule has 0 radical (unpaired) electrons. The summed E-state index contributed by atoms with van der Waals surface area (Å²) in [5.41, 5.74) is 7.08. The maximum atomic E-state index is 13.0. The molecule has 5 N–H and O–H groups in total. The van der Waals surface area contributed by atoms with Gasteiger partial charge in [0, 0.05) is 5.56 Å². The van der Waals surface area contributed by atoms with E-state index in [1.165, 1.54) is 0 Å². The van der Waals surface area contributed by atoms with Crippen LogP contribution >= 0.6 is 0 Å². The van der Waals surface area contributed by atoms with Gasteiger partial charge in [-0.05, 0) is 74.3 Å². The van der Waals surface area contributed by atoms with Crippen LogP contribution in [-0.2, 0) is 16.4 Å². The second kappa shape index (κ2) is 12.0. The molecule has 190 valence electrons. The zero-order chi connectivity index (χ0) is 25.4. The van der Waals surface area contributed by atoms with E-state index < -0.39 is 16.1 Å². The molecule has 1 fully saturated rings. The van der Waals surface area contributed by atoms with Gasteiger partial charge in [0.25, 0.3) is 0 Å². The molecule has 0 unspecified atom stereocenters. The van der Waals surface area contributed by atoms with E-state index in [0.717, 1.165) is 37.2 Å². The number of ether oxygens (including phenoxy) is 2. The number of nitrogens with two attached hydrogens (primary N) is 1. The highest BCUT2D eigenvalue weighted by molar-refractivity contribution is 7.89. The first-order chi connectivity index (χ1) is 17.4. The minimum Gasteiger partial charge on any atom is -0.492 e. The van der Waals surface area contributed by atoms with Gasteiger partial charge in [-0.1, -0.05) is 42.5 Å². The van der Waals surface area contributed by atoms with E-state index in [0.29, 0.717) is 17.7 Å². The fourth-order valence-electron chi connectivity index (χ4n) is 4.07. The number of nitrogen functional groups attached to an aromatic ring is 1. The minimum atomic E-state index is -3.75. The Balaban J connectivity index is 1.47. The van der Waals surface area contributed by atoms with Gasteiger partial charge in [-0.2, -0.15) is 0 Å². The van der Waals surface area contributed by atoms with Gasteiger partial charge in [-0.3, -0.25) is 5.41 Å². The molecular formula is C27H32N4O4S. The zero-order valence-corrected chi connectivity index (χ0v) is 20.8. The molecule has 3 aromatic carbocycles. The van der Waals surface area contributed by atoms with E-state index in [9.17, 15) is 8.42 Å². The summed E-state index contributed by atoms with van der Waals surface area (Å²) in [6.07, 6.45) is 2.59. The van der Waals surface area contributed by atoms with Crippen molar-refractivity contribution in [1.29, 1.82) is 5.41 Å². The van der Waals surface area contributed by atoms with Crippen LogP contribution in [0.2, 0.25) is 0 Å². The van der Waals surface area contributed by atoms with E-state index in [1.54, 1.807) is 54.6 Å². The van der Waals surface area contributed by atoms with Crippen LogP contribution < -0.4 is 25.2 Å². The maximum Gasteiger partial charge on any atom is 0.240 e. The molecule has 1 heterocycles. The van der Waals surface area contributed by atoms with Crippen molar-refractivity contribution in [2.24, 2.45) is 5.73 Å². The summed E-state index contributed by atoms with van der Waals surface area (Å²) in [5.74, 6) is 1.26. The Morgan fingerprint density at radius 2 is 1.72 bits per heavy atom. The molecule has 0 amide bonds. The summed E-state index contributed by atoms with van der Waals surface area (Å²) in [4.78, 5) is 0.194. The molecule has 3 aromatic rings. The van der Waals surface area contributed by atoms with Gasteiger partial charge in [-0.25, -0.2) is 13.1 Å². The summed E-state index contributed by atoms with van der Waals surface area (Å²) in [6, 6.07) is 22.4. The molecule has 0 aromatic heterocycles. The van der Waals surface area contributed by atoms with Gasteiger partial charge in [0.05, 0.1) is 10.9 Å². The van der Waals surface area contributed by atoms with Crippen molar-refractivity contribution in [3.8, 4) is 11.5 Å². The van der Waals surface area contributed by atoms with Crippen LogP contribution in [0.15, 0.2) is 83.8 Å². The van der Waals surface area contributed by atoms with Crippen molar-refractivity contribution in [3.63, 3.8) is 0 Å². The zero-order valence-electron chi connectivity index (χ0n) is 20.0. The molecule has 0 bridgehead atoms. The van der Waals surface area contributed by atoms with E-state index in [4.69, 9.17) is 20.6 Å². The average molecular weight is 509 g/mol. The molecule has 8 nitrogen and oxygen atoms in total. The lowest BCUT2D eigenvalue weighted by atomic mass is 10.1. The Labute approximate surface area is 212 Å². The minimum absolute atomic E-state index is 0.0615. The van der Waals surface area contributed by atoms with Crippen molar-refractivity contribution in [2.75, 3.05) is 19.7 Å². The SMILES string of the molecule is N=C(N)c1cccc(OC[C@@H](Cc2ccc(OC3CCNCC3)cc2)NS(=O)(=O)c2ccccc2)c1. The largest absolute Gasteiger partial charge is 0.492 e. The van der Waals surface area contributed by atoms with Crippen molar-refractivity contribution in [1.82, 2.24) is 10.0 Å². The number of hydrogen-bond acceptors (Lipinski definition) is 6. The molecule has 1 saturated heterocycles. The average Bonchev–Trinajstić information content (AvgIpc) is 2.89. The van der Waals surface area contributed by atoms with Crippen molar-refractivity contribution in [3.05, 3.63) is 90.0 Å². The number of benzene rings is 3. The molecule has 0 aliphatic carbocycles. The lowest BCUT2D eigenvalue weighted by Crippen LogP contribution is -2.40. The van der Waals surface area contributed by atoms with Crippen LogP contribution in [-0.4, -0.2) is 46.1 Å². The normalized spacial score (nSPS) is 15.2. The third-order valence-corrected chi connectivity index (χ3v) is 7.50. The van der Waals surface area contributed by atoms with Gasteiger partial charge < -0.3 is 20.5 Å². The molecule has 1 atom stereocenters. The van der Waals surface area contributed by atoms with E-state index >= 15 is 0 Å². The highest BCUT2D eigenvalue weighted by atomic mass is 32.2. The van der Waals surface area contributed by atoms with Gasteiger partial charge in [0.15, 0.2) is 0 Å². The van der Waals surface area contributed by atoms with Gasteiger partial charge in [-0.15, -0.1) is 0 Å². The number of sulfonamides is 1. The quantitative estimate of drug-likeness (QED) is 0.233. The molecule has 0 saturated carbocycles. The monoisotopic (exact) mass is 508 g/mol. The number of hydrogen-bond donors (Lipinski definition) is 4. The topological polar surface area (TPSA) is 127 Å². The van der Waals surface area contributed by atoms with Gasteiger partial charge in [0.2, 0.25) is 10.0 Å². The summed E-state index contributed by atoms with van der Waals surface area (Å²) < 4.78 is 40.9. The number of piperidine rings is 1. The molecule has 36 heavy (non-hydrogen) atoms. The van der Waals surface area contributed by atoms with Gasteiger partial charge >= 0.3 is 0 Å².